The number of aromatic nitrogens is 5. The molecule has 0 amide bonds. The predicted octanol–water partition coefficient (Wildman–Crippen LogP) is 0.242. The number of hydrogen-bond donors (Lipinski definition) is 1. The smallest absolute Gasteiger partial charge is 0.343 e. The molecule has 0 aliphatic heterocycles. The highest BCUT2D eigenvalue weighted by Gasteiger charge is 2.20. The Morgan fingerprint density at radius 3 is 2.95 bits per heavy atom. The predicted molar refractivity (Wildman–Crippen MR) is 64.8 cm³/mol. The van der Waals surface area contributed by atoms with Gasteiger partial charge in [-0.1, -0.05) is 5.21 Å². The lowest BCUT2D eigenvalue weighted by Gasteiger charge is -2.07. The van der Waals surface area contributed by atoms with Crippen molar-refractivity contribution in [2.75, 3.05) is 13.3 Å². The lowest BCUT2D eigenvalue weighted by Crippen LogP contribution is -2.15. The van der Waals surface area contributed by atoms with E-state index in [1.165, 1.54) is 15.4 Å². The molecule has 108 valence electrons. The van der Waals surface area contributed by atoms with Crippen LogP contribution >= 0.6 is 0 Å². The molecular formula is C10H13FN6O3. The minimum absolute atomic E-state index is 0.104. The van der Waals surface area contributed by atoms with E-state index in [-0.39, 0.29) is 12.4 Å². The van der Waals surface area contributed by atoms with E-state index in [0.717, 1.165) is 6.20 Å². The Morgan fingerprint density at radius 2 is 2.35 bits per heavy atom. The maximum atomic E-state index is 12.6. The lowest BCUT2D eigenvalue weighted by atomic mass is 10.3. The number of rotatable bonds is 6. The standard InChI is InChI=1S/C10H13FN6O3/c1-7-12-3-10(17(19)20)15(7)4-8-5-16(14-13-8)9(2-11)6-18/h3,5,9,18H,2,4,6H2,1H3/i11-1. The molecule has 0 aromatic carbocycles. The maximum Gasteiger partial charge on any atom is 0.343 e. The third-order valence-corrected chi connectivity index (χ3v) is 2.86. The van der Waals surface area contributed by atoms with Gasteiger partial charge in [0.25, 0.3) is 0 Å². The Balaban J connectivity index is 2.23. The summed E-state index contributed by atoms with van der Waals surface area (Å²) in [5, 5.41) is 27.3. The molecule has 0 saturated heterocycles. The summed E-state index contributed by atoms with van der Waals surface area (Å²) in [6.07, 6.45) is 2.61. The van der Waals surface area contributed by atoms with E-state index >= 15 is 0 Å². The molecule has 0 aliphatic carbocycles. The van der Waals surface area contributed by atoms with Gasteiger partial charge in [-0.15, -0.1) is 5.10 Å². The van der Waals surface area contributed by atoms with Crippen molar-refractivity contribution >= 4 is 5.82 Å². The van der Waals surface area contributed by atoms with E-state index in [1.54, 1.807) is 6.92 Å². The van der Waals surface area contributed by atoms with Crippen molar-refractivity contribution in [3.63, 3.8) is 0 Å². The molecule has 20 heavy (non-hydrogen) atoms. The summed E-state index contributed by atoms with van der Waals surface area (Å²) < 4.78 is 15.2. The van der Waals surface area contributed by atoms with Crippen molar-refractivity contribution in [3.8, 4) is 0 Å². The van der Waals surface area contributed by atoms with E-state index in [1.807, 2.05) is 0 Å². The molecule has 1 unspecified atom stereocenters. The summed E-state index contributed by atoms with van der Waals surface area (Å²) >= 11 is 0. The summed E-state index contributed by atoms with van der Waals surface area (Å²) in [6.45, 7) is 0.565. The molecule has 1 N–H and O–H groups in total. The van der Waals surface area contributed by atoms with Gasteiger partial charge in [0.15, 0.2) is 5.82 Å². The second kappa shape index (κ2) is 5.74. The average Bonchev–Trinajstić information content (AvgIpc) is 3.00. The molecule has 10 heteroatoms. The van der Waals surface area contributed by atoms with Crippen molar-refractivity contribution in [2.24, 2.45) is 0 Å². The number of nitrogens with zero attached hydrogens (tertiary/aromatic N) is 6. The van der Waals surface area contributed by atoms with Gasteiger partial charge in [-0.05, 0) is 4.92 Å². The van der Waals surface area contributed by atoms with E-state index in [0.29, 0.717) is 11.5 Å². The van der Waals surface area contributed by atoms with Crippen molar-refractivity contribution in [2.45, 2.75) is 19.5 Å². The molecular weight excluding hydrogens is 270 g/mol. The number of aryl methyl sites for hydroxylation is 1. The van der Waals surface area contributed by atoms with Gasteiger partial charge < -0.3 is 15.2 Å². The molecule has 0 aliphatic rings. The van der Waals surface area contributed by atoms with E-state index in [4.69, 9.17) is 5.11 Å². The van der Waals surface area contributed by atoms with Crippen LogP contribution in [0.25, 0.3) is 0 Å². The normalized spacial score (nSPS) is 12.6. The third kappa shape index (κ3) is 2.64. The zero-order chi connectivity index (χ0) is 14.7. The second-order valence-corrected chi connectivity index (χ2v) is 4.19. The average molecular weight is 283 g/mol. The van der Waals surface area contributed by atoms with Crippen LogP contribution in [-0.2, 0) is 6.54 Å². The molecule has 1 atom stereocenters. The third-order valence-electron chi connectivity index (χ3n) is 2.86. The first-order chi connectivity index (χ1) is 9.56. The van der Waals surface area contributed by atoms with Crippen LogP contribution in [0.3, 0.4) is 0 Å². The highest BCUT2D eigenvalue weighted by atomic mass is 18.2. The first-order valence-electron chi connectivity index (χ1n) is 5.80. The Kier molecular flexibility index (Phi) is 4.03. The van der Waals surface area contributed by atoms with Crippen molar-refractivity contribution in [1.82, 2.24) is 24.5 Å². The monoisotopic (exact) mass is 283 g/mol. The summed E-state index contributed by atoms with van der Waals surface area (Å²) in [4.78, 5) is 14.2. The van der Waals surface area contributed by atoms with Gasteiger partial charge in [0.1, 0.15) is 31.2 Å². The Hall–Kier alpha value is -2.36. The Morgan fingerprint density at radius 1 is 1.60 bits per heavy atom. The van der Waals surface area contributed by atoms with Gasteiger partial charge in [-0.25, -0.2) is 18.6 Å². The van der Waals surface area contributed by atoms with Crippen LogP contribution in [0.5, 0.6) is 0 Å². The zero-order valence-corrected chi connectivity index (χ0v) is 10.7. The number of aliphatic hydroxyl groups excluding tert-OH is 1. The fraction of sp³-hybridized carbons (Fsp3) is 0.500. The van der Waals surface area contributed by atoms with E-state index < -0.39 is 24.2 Å². The number of halogens is 1. The lowest BCUT2D eigenvalue weighted by molar-refractivity contribution is -0.392. The van der Waals surface area contributed by atoms with Crippen LogP contribution in [0.4, 0.5) is 10.2 Å². The number of alkyl halides is 1. The van der Waals surface area contributed by atoms with Crippen LogP contribution in [0.1, 0.15) is 17.6 Å². The largest absolute Gasteiger partial charge is 0.394 e. The van der Waals surface area contributed by atoms with Gasteiger partial charge in [-0.2, -0.15) is 0 Å². The quantitative estimate of drug-likeness (QED) is 0.600. The van der Waals surface area contributed by atoms with Gasteiger partial charge in [0.2, 0.25) is 0 Å². The van der Waals surface area contributed by atoms with Gasteiger partial charge in [0.05, 0.1) is 12.8 Å². The van der Waals surface area contributed by atoms with Crippen molar-refractivity contribution in [1.29, 1.82) is 0 Å². The summed E-state index contributed by atoms with van der Waals surface area (Å²) in [5.41, 5.74) is 0.418. The minimum atomic E-state index is -0.796. The highest BCUT2D eigenvalue weighted by Crippen LogP contribution is 2.15. The molecule has 0 spiro atoms. The number of nitro groups is 1. The summed E-state index contributed by atoms with van der Waals surface area (Å²) in [6, 6.07) is -0.796. The SMILES string of the molecule is Cc1ncc([N+](=O)[O-])n1Cc1cn(C(CO)C[18F])nn1. The fourth-order valence-corrected chi connectivity index (χ4v) is 1.73. The van der Waals surface area contributed by atoms with Gasteiger partial charge in [-0.3, -0.25) is 0 Å². The van der Waals surface area contributed by atoms with Crippen molar-refractivity contribution < 1.29 is 14.4 Å². The van der Waals surface area contributed by atoms with Crippen LogP contribution < -0.4 is 0 Å². The summed E-state index contributed by atoms with van der Waals surface area (Å²) in [7, 11) is 0. The molecule has 0 fully saturated rings. The Labute approximate surface area is 112 Å². The number of hydrogen-bond acceptors (Lipinski definition) is 6. The maximum absolute atomic E-state index is 12.6. The number of imidazole rings is 1. The molecule has 0 saturated carbocycles. The topological polar surface area (TPSA) is 112 Å². The van der Waals surface area contributed by atoms with Crippen LogP contribution in [0, 0.1) is 17.0 Å². The van der Waals surface area contributed by atoms with Crippen LogP contribution in [-0.4, -0.2) is 47.9 Å². The van der Waals surface area contributed by atoms with Gasteiger partial charge in [0, 0.05) is 6.92 Å². The molecule has 2 aromatic heterocycles. The minimum Gasteiger partial charge on any atom is -0.394 e. The molecule has 2 aromatic rings. The molecule has 2 rings (SSSR count). The Bertz CT molecular complexity index is 606. The van der Waals surface area contributed by atoms with E-state index in [9.17, 15) is 14.5 Å². The first kappa shape index (κ1) is 14.1. The molecule has 0 bridgehead atoms. The summed E-state index contributed by atoms with van der Waals surface area (Å²) in [5.74, 6) is 0.316. The fourth-order valence-electron chi connectivity index (χ4n) is 1.73. The van der Waals surface area contributed by atoms with Crippen LogP contribution in [0.15, 0.2) is 12.4 Å². The van der Waals surface area contributed by atoms with Crippen LogP contribution in [0.2, 0.25) is 0 Å². The first-order valence-corrected chi connectivity index (χ1v) is 5.80. The molecule has 9 nitrogen and oxygen atoms in total. The molecule has 2 heterocycles. The second-order valence-electron chi connectivity index (χ2n) is 4.19. The zero-order valence-electron chi connectivity index (χ0n) is 10.7. The highest BCUT2D eigenvalue weighted by molar-refractivity contribution is 5.20. The van der Waals surface area contributed by atoms with Gasteiger partial charge >= 0.3 is 5.82 Å². The molecule has 0 radical (unpaired) electrons. The van der Waals surface area contributed by atoms with Crippen molar-refractivity contribution in [3.05, 3.63) is 34.0 Å². The van der Waals surface area contributed by atoms with E-state index in [2.05, 4.69) is 15.3 Å². The number of aliphatic hydroxyl groups is 1.